The van der Waals surface area contributed by atoms with Crippen LogP contribution in [0.5, 0.6) is 0 Å². The van der Waals surface area contributed by atoms with Crippen LogP contribution in [-0.2, 0) is 20.0 Å². The molecule has 1 atom stereocenters. The summed E-state index contributed by atoms with van der Waals surface area (Å²) in [6.45, 7) is 0.00253. The molecule has 1 aliphatic rings. The first-order valence-corrected chi connectivity index (χ1v) is 9.03. The zero-order chi connectivity index (χ0) is 15.0. The summed E-state index contributed by atoms with van der Waals surface area (Å²) in [5.41, 5.74) is 0. The lowest BCUT2D eigenvalue weighted by Crippen LogP contribution is -2.46. The quantitative estimate of drug-likeness (QED) is 0.863. The number of benzene rings is 1. The second-order valence-corrected chi connectivity index (χ2v) is 8.46. The highest BCUT2D eigenvalue weighted by Crippen LogP contribution is 2.23. The molecule has 0 saturated carbocycles. The van der Waals surface area contributed by atoms with Crippen LogP contribution in [0.2, 0.25) is 0 Å². The Morgan fingerprint density at radius 3 is 2.55 bits per heavy atom. The molecule has 1 aromatic rings. The highest BCUT2D eigenvalue weighted by atomic mass is 32.2. The van der Waals surface area contributed by atoms with E-state index < -0.39 is 31.1 Å². The van der Waals surface area contributed by atoms with Crippen LogP contribution in [0, 0.1) is 5.82 Å². The van der Waals surface area contributed by atoms with Crippen molar-refractivity contribution in [2.24, 2.45) is 5.14 Å². The highest BCUT2D eigenvalue weighted by molar-refractivity contribution is 7.90. The molecule has 20 heavy (non-hydrogen) atoms. The van der Waals surface area contributed by atoms with E-state index in [9.17, 15) is 21.2 Å². The second-order valence-electron chi connectivity index (χ2n) is 4.67. The minimum Gasteiger partial charge on any atom is -0.228 e. The van der Waals surface area contributed by atoms with Gasteiger partial charge < -0.3 is 0 Å². The molecule has 112 valence electrons. The number of nitrogens with two attached hydrogens (primary N) is 1. The molecule has 9 heteroatoms. The monoisotopic (exact) mass is 322 g/mol. The van der Waals surface area contributed by atoms with Crippen molar-refractivity contribution in [1.82, 2.24) is 4.31 Å². The first-order chi connectivity index (χ1) is 9.21. The summed E-state index contributed by atoms with van der Waals surface area (Å²) in [6, 6.07) is 4.63. The van der Waals surface area contributed by atoms with Crippen LogP contribution >= 0.6 is 0 Å². The smallest absolute Gasteiger partial charge is 0.228 e. The number of halogens is 1. The summed E-state index contributed by atoms with van der Waals surface area (Å²) in [5, 5.41) is 4.15. The number of piperidine rings is 1. The molecule has 2 rings (SSSR count). The van der Waals surface area contributed by atoms with E-state index in [1.165, 1.54) is 12.1 Å². The molecule has 6 nitrogen and oxygen atoms in total. The van der Waals surface area contributed by atoms with Crippen LogP contribution in [0.15, 0.2) is 29.2 Å². The lowest BCUT2D eigenvalue weighted by Gasteiger charge is -2.30. The molecule has 0 bridgehead atoms. The van der Waals surface area contributed by atoms with Gasteiger partial charge in [-0.25, -0.2) is 26.4 Å². The van der Waals surface area contributed by atoms with E-state index in [4.69, 9.17) is 5.14 Å². The molecule has 0 aromatic heterocycles. The molecular formula is C11H15FN2O4S2. The molecule has 0 spiro atoms. The van der Waals surface area contributed by atoms with Crippen LogP contribution < -0.4 is 5.14 Å². The highest BCUT2D eigenvalue weighted by Gasteiger charge is 2.34. The third kappa shape index (κ3) is 3.17. The van der Waals surface area contributed by atoms with E-state index in [0.29, 0.717) is 12.8 Å². The Kier molecular flexibility index (Phi) is 4.14. The molecule has 0 aliphatic carbocycles. The lowest BCUT2D eigenvalue weighted by atomic mass is 10.2. The summed E-state index contributed by atoms with van der Waals surface area (Å²) < 4.78 is 61.5. The minimum atomic E-state index is -3.90. The van der Waals surface area contributed by atoms with Crippen molar-refractivity contribution >= 4 is 20.0 Å². The van der Waals surface area contributed by atoms with Gasteiger partial charge in [-0.3, -0.25) is 0 Å². The van der Waals surface area contributed by atoms with Gasteiger partial charge in [0.1, 0.15) is 5.82 Å². The van der Waals surface area contributed by atoms with Crippen LogP contribution in [0.3, 0.4) is 0 Å². The summed E-state index contributed by atoms with van der Waals surface area (Å²) in [7, 11) is -7.69. The zero-order valence-corrected chi connectivity index (χ0v) is 12.2. The number of sulfonamides is 2. The Bertz CT molecular complexity index is 703. The summed E-state index contributed by atoms with van der Waals surface area (Å²) in [6.07, 6.45) is 0.726. The van der Waals surface area contributed by atoms with Gasteiger partial charge in [-0.1, -0.05) is 6.07 Å². The van der Waals surface area contributed by atoms with Gasteiger partial charge in [-0.2, -0.15) is 4.31 Å². The van der Waals surface area contributed by atoms with Crippen LogP contribution in [0.4, 0.5) is 4.39 Å². The van der Waals surface area contributed by atoms with Crippen molar-refractivity contribution in [3.05, 3.63) is 30.1 Å². The van der Waals surface area contributed by atoms with Crippen LogP contribution in [-0.4, -0.2) is 39.5 Å². The van der Waals surface area contributed by atoms with E-state index in [1.807, 2.05) is 0 Å². The van der Waals surface area contributed by atoms with E-state index >= 15 is 0 Å². The number of hydrogen-bond donors (Lipinski definition) is 1. The topological polar surface area (TPSA) is 97.5 Å². The molecule has 2 N–H and O–H groups in total. The number of nitrogens with zero attached hydrogens (tertiary/aromatic N) is 1. The number of hydrogen-bond acceptors (Lipinski definition) is 4. The largest absolute Gasteiger partial charge is 0.243 e. The van der Waals surface area contributed by atoms with Crippen molar-refractivity contribution in [2.75, 3.05) is 13.1 Å². The summed E-state index contributed by atoms with van der Waals surface area (Å²) in [4.78, 5) is -0.187. The Hall–Kier alpha value is -1.03. The molecule has 1 aromatic carbocycles. The van der Waals surface area contributed by atoms with E-state index in [2.05, 4.69) is 0 Å². The second kappa shape index (κ2) is 5.40. The fourth-order valence-corrected chi connectivity index (χ4v) is 4.70. The SMILES string of the molecule is NS(=O)(=O)C1CCCN(S(=O)(=O)c2cccc(F)c2)C1. The van der Waals surface area contributed by atoms with Gasteiger partial charge in [0.2, 0.25) is 20.0 Å². The van der Waals surface area contributed by atoms with Gasteiger partial charge in [0.05, 0.1) is 10.1 Å². The molecule has 1 heterocycles. The van der Waals surface area contributed by atoms with Gasteiger partial charge in [-0.15, -0.1) is 0 Å². The number of rotatable bonds is 3. The van der Waals surface area contributed by atoms with E-state index in [0.717, 1.165) is 16.4 Å². The third-order valence-corrected chi connectivity index (χ3v) is 6.41. The molecule has 1 unspecified atom stereocenters. The fourth-order valence-electron chi connectivity index (χ4n) is 2.17. The van der Waals surface area contributed by atoms with E-state index in [1.54, 1.807) is 0 Å². The van der Waals surface area contributed by atoms with Crippen molar-refractivity contribution in [3.8, 4) is 0 Å². The predicted octanol–water partition coefficient (Wildman–Crippen LogP) is 0.267. The summed E-state index contributed by atoms with van der Waals surface area (Å²) in [5.74, 6) is -0.661. The first kappa shape index (κ1) is 15.4. The van der Waals surface area contributed by atoms with Crippen LogP contribution in [0.1, 0.15) is 12.8 Å². The van der Waals surface area contributed by atoms with Gasteiger partial charge >= 0.3 is 0 Å². The minimum absolute atomic E-state index is 0.187. The molecule has 1 saturated heterocycles. The maximum Gasteiger partial charge on any atom is 0.243 e. The van der Waals surface area contributed by atoms with Gasteiger partial charge in [0, 0.05) is 13.1 Å². The normalized spacial score (nSPS) is 21.8. The Morgan fingerprint density at radius 1 is 1.25 bits per heavy atom. The van der Waals surface area contributed by atoms with E-state index in [-0.39, 0.29) is 18.0 Å². The molecule has 1 fully saturated rings. The predicted molar refractivity (Wildman–Crippen MR) is 71.3 cm³/mol. The van der Waals surface area contributed by atoms with Gasteiger partial charge in [-0.05, 0) is 31.0 Å². The standard InChI is InChI=1S/C11H15FN2O4S2/c12-9-3-1-4-10(7-9)20(17,18)14-6-2-5-11(8-14)19(13,15)16/h1,3-4,7,11H,2,5-6,8H2,(H2,13,15,16). The molecule has 1 aliphatic heterocycles. The Labute approximate surface area is 117 Å². The maximum absolute atomic E-state index is 13.1. The first-order valence-electron chi connectivity index (χ1n) is 5.98. The Morgan fingerprint density at radius 2 is 1.95 bits per heavy atom. The van der Waals surface area contributed by atoms with Crippen molar-refractivity contribution in [3.63, 3.8) is 0 Å². The van der Waals surface area contributed by atoms with Crippen molar-refractivity contribution in [1.29, 1.82) is 0 Å². The zero-order valence-electron chi connectivity index (χ0n) is 10.6. The lowest BCUT2D eigenvalue weighted by molar-refractivity contribution is 0.346. The van der Waals surface area contributed by atoms with Gasteiger partial charge in [0.25, 0.3) is 0 Å². The third-order valence-electron chi connectivity index (χ3n) is 3.24. The van der Waals surface area contributed by atoms with Crippen molar-refractivity contribution in [2.45, 2.75) is 23.0 Å². The molecule has 0 radical (unpaired) electrons. The fraction of sp³-hybridized carbons (Fsp3) is 0.455. The average Bonchev–Trinajstić information content (AvgIpc) is 2.38. The van der Waals surface area contributed by atoms with Crippen molar-refractivity contribution < 1.29 is 21.2 Å². The molecule has 0 amide bonds. The average molecular weight is 322 g/mol. The van der Waals surface area contributed by atoms with Gasteiger partial charge in [0.15, 0.2) is 0 Å². The summed E-state index contributed by atoms with van der Waals surface area (Å²) >= 11 is 0. The molecular weight excluding hydrogens is 307 g/mol. The van der Waals surface area contributed by atoms with Crippen LogP contribution in [0.25, 0.3) is 0 Å². The number of primary sulfonamides is 1. The maximum atomic E-state index is 13.1. The Balaban J connectivity index is 2.30.